The summed E-state index contributed by atoms with van der Waals surface area (Å²) in [6.45, 7) is 7.44. The van der Waals surface area contributed by atoms with E-state index in [1.54, 1.807) is 17.7 Å². The van der Waals surface area contributed by atoms with Crippen LogP contribution in [0, 0.1) is 5.92 Å². The maximum atomic E-state index is 12.2. The van der Waals surface area contributed by atoms with E-state index in [-0.39, 0.29) is 11.2 Å². The molecule has 0 bridgehead atoms. The van der Waals surface area contributed by atoms with E-state index >= 15 is 0 Å². The summed E-state index contributed by atoms with van der Waals surface area (Å²) in [5, 5.41) is 1.73. The van der Waals surface area contributed by atoms with E-state index in [1.807, 2.05) is 13.8 Å². The highest BCUT2D eigenvalue weighted by Gasteiger charge is 2.25. The molecule has 2 unspecified atom stereocenters. The van der Waals surface area contributed by atoms with Gasteiger partial charge in [-0.15, -0.1) is 11.3 Å². The molecular weight excluding hydrogens is 356 g/mol. The average Bonchev–Trinajstić information content (AvgIpc) is 2.96. The summed E-state index contributed by atoms with van der Waals surface area (Å²) < 4.78 is 10.5. The van der Waals surface area contributed by atoms with Crippen LogP contribution in [0.5, 0.6) is 0 Å². The van der Waals surface area contributed by atoms with Gasteiger partial charge in [-0.25, -0.2) is 9.97 Å². The summed E-state index contributed by atoms with van der Waals surface area (Å²) >= 11 is 3.24. The maximum absolute atomic E-state index is 12.2. The summed E-state index contributed by atoms with van der Waals surface area (Å²) in [5.74, 6) is 0.498. The van der Waals surface area contributed by atoms with Gasteiger partial charge in [-0.3, -0.25) is 4.79 Å². The number of aryl methyl sites for hydroxylation is 1. The summed E-state index contributed by atoms with van der Waals surface area (Å²) in [4.78, 5) is 23.6. The van der Waals surface area contributed by atoms with Gasteiger partial charge in [0, 0.05) is 16.9 Å². The van der Waals surface area contributed by atoms with Crippen molar-refractivity contribution in [3.63, 3.8) is 0 Å². The molecule has 136 valence electrons. The number of aromatic nitrogens is 2. The molecule has 0 fully saturated rings. The third kappa shape index (κ3) is 4.33. The Bertz CT molecular complexity index is 747. The summed E-state index contributed by atoms with van der Waals surface area (Å²) in [6, 6.07) is 0. The largest absolute Gasteiger partial charge is 0.462 e. The number of carbonyl (C=O) groups is 1. The number of thiophene rings is 1. The van der Waals surface area contributed by atoms with Crippen molar-refractivity contribution < 1.29 is 14.3 Å². The van der Waals surface area contributed by atoms with E-state index in [9.17, 15) is 4.79 Å². The zero-order valence-electron chi connectivity index (χ0n) is 14.9. The Balaban J connectivity index is 1.74. The van der Waals surface area contributed by atoms with Gasteiger partial charge in [-0.2, -0.15) is 0 Å². The fourth-order valence-corrected chi connectivity index (χ4v) is 5.37. The van der Waals surface area contributed by atoms with Crippen molar-refractivity contribution in [1.29, 1.82) is 0 Å². The van der Waals surface area contributed by atoms with Crippen molar-refractivity contribution in [1.82, 2.24) is 9.97 Å². The van der Waals surface area contributed by atoms with Gasteiger partial charge in [-0.05, 0) is 44.6 Å². The first-order chi connectivity index (χ1) is 12.1. The number of nitrogens with zero attached hydrogens (tertiary/aromatic N) is 2. The predicted molar refractivity (Wildman–Crippen MR) is 101 cm³/mol. The zero-order valence-corrected chi connectivity index (χ0v) is 16.5. The number of ether oxygens (including phenoxy) is 2. The summed E-state index contributed by atoms with van der Waals surface area (Å²) in [6.07, 6.45) is 5.00. The SMILES string of the molecule is CCOCCOC(=O)C(C)Sc1ncnc2sc3c(c12)CCC(C)C3. The molecule has 0 amide bonds. The molecule has 0 aliphatic heterocycles. The summed E-state index contributed by atoms with van der Waals surface area (Å²) in [7, 11) is 0. The van der Waals surface area contributed by atoms with Crippen LogP contribution in [0.15, 0.2) is 11.4 Å². The molecule has 0 N–H and O–H groups in total. The molecule has 0 spiro atoms. The number of hydrogen-bond acceptors (Lipinski definition) is 7. The molecule has 0 aromatic carbocycles. The molecule has 3 rings (SSSR count). The monoisotopic (exact) mass is 380 g/mol. The highest BCUT2D eigenvalue weighted by Crippen LogP contribution is 2.41. The van der Waals surface area contributed by atoms with Gasteiger partial charge < -0.3 is 9.47 Å². The molecule has 0 saturated carbocycles. The lowest BCUT2D eigenvalue weighted by molar-refractivity contribution is -0.144. The molecule has 2 aromatic heterocycles. The Morgan fingerprint density at radius 1 is 1.44 bits per heavy atom. The van der Waals surface area contributed by atoms with Gasteiger partial charge in [0.25, 0.3) is 0 Å². The van der Waals surface area contributed by atoms with Crippen LogP contribution in [-0.2, 0) is 27.1 Å². The van der Waals surface area contributed by atoms with E-state index in [1.165, 1.54) is 28.6 Å². The van der Waals surface area contributed by atoms with E-state index in [0.717, 1.165) is 34.0 Å². The molecule has 1 aliphatic carbocycles. The van der Waals surface area contributed by atoms with Gasteiger partial charge in [0.15, 0.2) is 0 Å². The average molecular weight is 381 g/mol. The Kier molecular flexibility index (Phi) is 6.30. The van der Waals surface area contributed by atoms with Crippen LogP contribution in [0.4, 0.5) is 0 Å². The number of rotatable bonds is 7. The number of fused-ring (bicyclic) bond motifs is 3. The lowest BCUT2D eigenvalue weighted by Gasteiger charge is -2.18. The number of carbonyl (C=O) groups excluding carboxylic acids is 1. The van der Waals surface area contributed by atoms with Crippen LogP contribution in [0.25, 0.3) is 10.2 Å². The first kappa shape index (κ1) is 18.6. The highest BCUT2D eigenvalue weighted by atomic mass is 32.2. The molecule has 2 heterocycles. The van der Waals surface area contributed by atoms with E-state index < -0.39 is 0 Å². The van der Waals surface area contributed by atoms with Crippen molar-refractivity contribution in [3.8, 4) is 0 Å². The van der Waals surface area contributed by atoms with Crippen LogP contribution in [0.2, 0.25) is 0 Å². The normalized spacial score (nSPS) is 18.1. The third-order valence-electron chi connectivity index (χ3n) is 4.35. The van der Waals surface area contributed by atoms with Crippen molar-refractivity contribution in [3.05, 3.63) is 16.8 Å². The van der Waals surface area contributed by atoms with Crippen molar-refractivity contribution >= 4 is 39.3 Å². The highest BCUT2D eigenvalue weighted by molar-refractivity contribution is 8.00. The van der Waals surface area contributed by atoms with Crippen molar-refractivity contribution in [2.75, 3.05) is 19.8 Å². The number of thioether (sulfide) groups is 1. The van der Waals surface area contributed by atoms with Gasteiger partial charge in [0.05, 0.1) is 6.61 Å². The van der Waals surface area contributed by atoms with Gasteiger partial charge in [0.2, 0.25) is 0 Å². The van der Waals surface area contributed by atoms with Crippen LogP contribution in [0.3, 0.4) is 0 Å². The molecule has 1 aliphatic rings. The minimum Gasteiger partial charge on any atom is -0.462 e. The lowest BCUT2D eigenvalue weighted by atomic mass is 9.89. The molecule has 25 heavy (non-hydrogen) atoms. The van der Waals surface area contributed by atoms with Gasteiger partial charge >= 0.3 is 5.97 Å². The maximum Gasteiger partial charge on any atom is 0.319 e. The lowest BCUT2D eigenvalue weighted by Crippen LogP contribution is -2.19. The molecule has 5 nitrogen and oxygen atoms in total. The minimum atomic E-state index is -0.308. The molecule has 7 heteroatoms. The predicted octanol–water partition coefficient (Wildman–Crippen LogP) is 3.88. The molecule has 0 saturated heterocycles. The Morgan fingerprint density at radius 3 is 3.08 bits per heavy atom. The van der Waals surface area contributed by atoms with E-state index in [0.29, 0.717) is 19.8 Å². The number of hydrogen-bond donors (Lipinski definition) is 0. The first-order valence-corrected chi connectivity index (χ1v) is 10.5. The Hall–Kier alpha value is -1.18. The van der Waals surface area contributed by atoms with Gasteiger partial charge in [-0.1, -0.05) is 18.7 Å². The second-order valence-electron chi connectivity index (χ2n) is 6.34. The smallest absolute Gasteiger partial charge is 0.319 e. The third-order valence-corrected chi connectivity index (χ3v) is 6.59. The summed E-state index contributed by atoms with van der Waals surface area (Å²) in [5.41, 5.74) is 1.39. The van der Waals surface area contributed by atoms with Crippen LogP contribution < -0.4 is 0 Å². The zero-order chi connectivity index (χ0) is 17.8. The second kappa shape index (κ2) is 8.47. The standard InChI is InChI=1S/C18H24N2O3S2/c1-4-22-7-8-23-18(21)12(3)24-16-15-13-6-5-11(2)9-14(13)25-17(15)20-10-19-16/h10-12H,4-9H2,1-3H3. The molecule has 2 aromatic rings. The fraction of sp³-hybridized carbons (Fsp3) is 0.611. The van der Waals surface area contributed by atoms with Crippen molar-refractivity contribution in [2.24, 2.45) is 5.92 Å². The number of esters is 1. The topological polar surface area (TPSA) is 61.3 Å². The molecule has 0 radical (unpaired) electrons. The van der Waals surface area contributed by atoms with E-state index in [2.05, 4.69) is 16.9 Å². The minimum absolute atomic E-state index is 0.228. The molecule has 2 atom stereocenters. The van der Waals surface area contributed by atoms with Gasteiger partial charge in [0.1, 0.15) is 28.0 Å². The second-order valence-corrected chi connectivity index (χ2v) is 8.75. The van der Waals surface area contributed by atoms with Crippen molar-refractivity contribution in [2.45, 2.75) is 50.3 Å². The molecular formula is C18H24N2O3S2. The quantitative estimate of drug-likeness (QED) is 0.314. The van der Waals surface area contributed by atoms with E-state index in [4.69, 9.17) is 9.47 Å². The Morgan fingerprint density at radius 2 is 2.28 bits per heavy atom. The van der Waals surface area contributed by atoms with Crippen LogP contribution in [0.1, 0.15) is 37.6 Å². The fourth-order valence-electron chi connectivity index (χ4n) is 3.01. The first-order valence-electron chi connectivity index (χ1n) is 8.76. The van der Waals surface area contributed by atoms with Crippen LogP contribution >= 0.6 is 23.1 Å². The van der Waals surface area contributed by atoms with Crippen LogP contribution in [-0.4, -0.2) is 41.0 Å². The Labute approximate surface area is 156 Å².